The van der Waals surface area contributed by atoms with Crippen LogP contribution in [0.5, 0.6) is 0 Å². The van der Waals surface area contributed by atoms with E-state index in [-0.39, 0.29) is 17.6 Å². The zero-order valence-electron chi connectivity index (χ0n) is 11.3. The van der Waals surface area contributed by atoms with Gasteiger partial charge in [-0.1, -0.05) is 0 Å². The summed E-state index contributed by atoms with van der Waals surface area (Å²) in [4.78, 5) is 14.7. The molecule has 0 aromatic carbocycles. The molecule has 1 aliphatic rings. The minimum Gasteiger partial charge on any atom is -0.376 e. The minimum atomic E-state index is -0.455. The van der Waals surface area contributed by atoms with Crippen molar-refractivity contribution in [2.75, 3.05) is 43.5 Å². The van der Waals surface area contributed by atoms with Gasteiger partial charge < -0.3 is 20.1 Å². The lowest BCUT2D eigenvalue weighted by Gasteiger charge is -2.23. The lowest BCUT2D eigenvalue weighted by atomic mass is 10.3. The quantitative estimate of drug-likeness (QED) is 0.598. The molecule has 0 aliphatic carbocycles. The van der Waals surface area contributed by atoms with Gasteiger partial charge in [-0.25, -0.2) is 4.98 Å². The third-order valence-electron chi connectivity index (χ3n) is 2.81. The van der Waals surface area contributed by atoms with Crippen LogP contribution in [0.15, 0.2) is 12.1 Å². The van der Waals surface area contributed by atoms with Crippen LogP contribution >= 0.6 is 0 Å². The molecule has 8 heteroatoms. The summed E-state index contributed by atoms with van der Waals surface area (Å²) < 4.78 is 10.8. The zero-order valence-corrected chi connectivity index (χ0v) is 11.3. The van der Waals surface area contributed by atoms with Crippen LogP contribution in [0.1, 0.15) is 6.92 Å². The Labute approximate surface area is 116 Å². The van der Waals surface area contributed by atoms with E-state index < -0.39 is 4.92 Å². The van der Waals surface area contributed by atoms with Crippen LogP contribution in [0, 0.1) is 10.1 Å². The molecule has 0 amide bonds. The highest BCUT2D eigenvalue weighted by atomic mass is 16.6. The molecule has 2 rings (SSSR count). The summed E-state index contributed by atoms with van der Waals surface area (Å²) in [6.45, 7) is 4.66. The number of aromatic nitrogens is 1. The Balaban J connectivity index is 2.06. The number of nitro groups is 1. The van der Waals surface area contributed by atoms with Crippen LogP contribution in [0.4, 0.5) is 17.3 Å². The van der Waals surface area contributed by atoms with Crippen molar-refractivity contribution in [3.05, 3.63) is 22.2 Å². The van der Waals surface area contributed by atoms with E-state index >= 15 is 0 Å². The third-order valence-corrected chi connectivity index (χ3v) is 2.81. The van der Waals surface area contributed by atoms with Crippen molar-refractivity contribution in [2.24, 2.45) is 0 Å². The van der Waals surface area contributed by atoms with Crippen molar-refractivity contribution in [1.82, 2.24) is 4.98 Å². The second-order valence-corrected chi connectivity index (χ2v) is 4.30. The fraction of sp³-hybridized carbons (Fsp3) is 0.583. The second-order valence-electron chi connectivity index (χ2n) is 4.30. The first-order chi connectivity index (χ1) is 9.70. The zero-order chi connectivity index (χ0) is 14.4. The topological polar surface area (TPSA) is 98.6 Å². The van der Waals surface area contributed by atoms with Gasteiger partial charge in [0.05, 0.1) is 30.8 Å². The molecule has 0 radical (unpaired) electrons. The molecule has 0 saturated carbocycles. The van der Waals surface area contributed by atoms with E-state index in [0.29, 0.717) is 38.7 Å². The van der Waals surface area contributed by atoms with Crippen molar-refractivity contribution in [3.8, 4) is 0 Å². The Morgan fingerprint density at radius 3 is 2.95 bits per heavy atom. The Morgan fingerprint density at radius 1 is 1.45 bits per heavy atom. The van der Waals surface area contributed by atoms with Crippen molar-refractivity contribution < 1.29 is 14.4 Å². The maximum Gasteiger partial charge on any atom is 0.311 e. The van der Waals surface area contributed by atoms with Crippen LogP contribution in [0.2, 0.25) is 0 Å². The fourth-order valence-electron chi connectivity index (χ4n) is 1.87. The minimum absolute atomic E-state index is 0.0524. The van der Waals surface area contributed by atoms with E-state index in [9.17, 15) is 10.1 Å². The first kappa shape index (κ1) is 14.5. The van der Waals surface area contributed by atoms with Gasteiger partial charge in [-0.2, -0.15) is 0 Å². The summed E-state index contributed by atoms with van der Waals surface area (Å²) in [5.74, 6) is 0.837. The summed E-state index contributed by atoms with van der Waals surface area (Å²) in [6, 6.07) is 3.03. The molecule has 1 unspecified atom stereocenters. The van der Waals surface area contributed by atoms with E-state index in [1.165, 1.54) is 6.07 Å². The number of nitrogens with one attached hydrogen (secondary N) is 2. The number of nitrogens with zero attached hydrogens (tertiary/aromatic N) is 2. The summed E-state index contributed by atoms with van der Waals surface area (Å²) in [6.07, 6.45) is -0.118. The predicted molar refractivity (Wildman–Crippen MR) is 74.1 cm³/mol. The predicted octanol–water partition coefficient (Wildman–Crippen LogP) is 1.25. The van der Waals surface area contributed by atoms with Crippen LogP contribution in [-0.2, 0) is 9.47 Å². The maximum atomic E-state index is 11.0. The Kier molecular flexibility index (Phi) is 5.08. The molecular formula is C12H18N4O4. The summed E-state index contributed by atoms with van der Waals surface area (Å²) >= 11 is 0. The van der Waals surface area contributed by atoms with Gasteiger partial charge in [-0.05, 0) is 13.0 Å². The number of anilines is 2. The third kappa shape index (κ3) is 3.78. The normalized spacial score (nSPS) is 18.6. The highest BCUT2D eigenvalue weighted by Gasteiger charge is 2.19. The number of rotatable bonds is 6. The van der Waals surface area contributed by atoms with Crippen LogP contribution in [-0.4, -0.2) is 48.9 Å². The van der Waals surface area contributed by atoms with Gasteiger partial charge in [0.15, 0.2) is 0 Å². The number of hydrogen-bond acceptors (Lipinski definition) is 7. The van der Waals surface area contributed by atoms with Crippen LogP contribution in [0.3, 0.4) is 0 Å². The van der Waals surface area contributed by atoms with E-state index in [1.54, 1.807) is 6.07 Å². The first-order valence-corrected chi connectivity index (χ1v) is 6.53. The summed E-state index contributed by atoms with van der Waals surface area (Å²) in [5.41, 5.74) is -0.0524. The van der Waals surface area contributed by atoms with Crippen molar-refractivity contribution in [3.63, 3.8) is 0 Å². The van der Waals surface area contributed by atoms with Crippen molar-refractivity contribution in [1.29, 1.82) is 0 Å². The molecule has 1 fully saturated rings. The lowest BCUT2D eigenvalue weighted by Crippen LogP contribution is -2.34. The van der Waals surface area contributed by atoms with E-state index in [4.69, 9.17) is 9.47 Å². The molecule has 8 nitrogen and oxygen atoms in total. The molecule has 1 atom stereocenters. The summed E-state index contributed by atoms with van der Waals surface area (Å²) in [5, 5.41) is 17.0. The van der Waals surface area contributed by atoms with Gasteiger partial charge in [0, 0.05) is 19.2 Å². The number of ether oxygens (including phenoxy) is 2. The van der Waals surface area contributed by atoms with Gasteiger partial charge in [-0.15, -0.1) is 0 Å². The molecule has 0 bridgehead atoms. The average Bonchev–Trinajstić information content (AvgIpc) is 2.46. The Hall–Kier alpha value is -1.93. The highest BCUT2D eigenvalue weighted by Crippen LogP contribution is 2.24. The van der Waals surface area contributed by atoms with Crippen molar-refractivity contribution in [2.45, 2.75) is 13.0 Å². The first-order valence-electron chi connectivity index (χ1n) is 6.53. The van der Waals surface area contributed by atoms with Gasteiger partial charge >= 0.3 is 5.69 Å². The second kappa shape index (κ2) is 7.01. The van der Waals surface area contributed by atoms with E-state index in [0.717, 1.165) is 0 Å². The van der Waals surface area contributed by atoms with Gasteiger partial charge in [0.2, 0.25) is 5.82 Å². The molecule has 1 aromatic heterocycles. The molecule has 110 valence electrons. The largest absolute Gasteiger partial charge is 0.376 e. The van der Waals surface area contributed by atoms with E-state index in [2.05, 4.69) is 15.6 Å². The molecule has 2 N–H and O–H groups in total. The SMILES string of the molecule is CCNc1ccc([N+](=O)[O-])c(NCC2COCCO2)n1. The molecule has 0 spiro atoms. The Bertz CT molecular complexity index is 463. The fourth-order valence-corrected chi connectivity index (χ4v) is 1.87. The van der Waals surface area contributed by atoms with Gasteiger partial charge in [0.1, 0.15) is 5.82 Å². The molecular weight excluding hydrogens is 264 g/mol. The van der Waals surface area contributed by atoms with E-state index in [1.807, 2.05) is 6.92 Å². The van der Waals surface area contributed by atoms with Gasteiger partial charge in [0.25, 0.3) is 0 Å². The van der Waals surface area contributed by atoms with Gasteiger partial charge in [-0.3, -0.25) is 10.1 Å². The number of pyridine rings is 1. The molecule has 20 heavy (non-hydrogen) atoms. The average molecular weight is 282 g/mol. The molecule has 1 saturated heterocycles. The molecule has 1 aliphatic heterocycles. The standard InChI is InChI=1S/C12H18N4O4/c1-2-13-11-4-3-10(16(17)18)12(15-11)14-7-9-8-19-5-6-20-9/h3-4,9H,2,5-8H2,1H3,(H2,13,14,15). The van der Waals surface area contributed by atoms with Crippen LogP contribution < -0.4 is 10.6 Å². The lowest BCUT2D eigenvalue weighted by molar-refractivity contribution is -0.384. The molecule has 2 heterocycles. The monoisotopic (exact) mass is 282 g/mol. The number of hydrogen-bond donors (Lipinski definition) is 2. The smallest absolute Gasteiger partial charge is 0.311 e. The summed E-state index contributed by atoms with van der Waals surface area (Å²) in [7, 11) is 0. The van der Waals surface area contributed by atoms with Crippen molar-refractivity contribution >= 4 is 17.3 Å². The maximum absolute atomic E-state index is 11.0. The Morgan fingerprint density at radius 2 is 2.30 bits per heavy atom. The highest BCUT2D eigenvalue weighted by molar-refractivity contribution is 5.60. The molecule has 1 aromatic rings. The van der Waals surface area contributed by atoms with Crippen LogP contribution in [0.25, 0.3) is 0 Å².